The van der Waals surface area contributed by atoms with Gasteiger partial charge < -0.3 is 5.11 Å². The lowest BCUT2D eigenvalue weighted by molar-refractivity contribution is -0.136. The maximum absolute atomic E-state index is 14.4. The van der Waals surface area contributed by atoms with Gasteiger partial charge in [-0.2, -0.15) is 0 Å². The average Bonchev–Trinajstić information content (AvgIpc) is 2.88. The van der Waals surface area contributed by atoms with Crippen molar-refractivity contribution in [1.29, 1.82) is 0 Å². The molecular formula is C28H24O4S2. The fourth-order valence-electron chi connectivity index (χ4n) is 3.66. The van der Waals surface area contributed by atoms with Crippen molar-refractivity contribution in [1.82, 2.24) is 0 Å². The van der Waals surface area contributed by atoms with E-state index in [1.165, 1.54) is 0 Å². The quantitative estimate of drug-likeness (QED) is 0.211. The van der Waals surface area contributed by atoms with E-state index in [2.05, 4.69) is 0 Å². The molecule has 0 fully saturated rings. The fourth-order valence-corrected chi connectivity index (χ4v) is 7.12. The molecule has 0 amide bonds. The van der Waals surface area contributed by atoms with Crippen molar-refractivity contribution in [3.8, 4) is 0 Å². The Balaban J connectivity index is 1.55. The van der Waals surface area contributed by atoms with E-state index < -0.39 is 15.9 Å². The highest BCUT2D eigenvalue weighted by Gasteiger charge is 2.23. The van der Waals surface area contributed by atoms with Gasteiger partial charge in [0.2, 0.25) is 0 Å². The van der Waals surface area contributed by atoms with Gasteiger partial charge >= 0.3 is 5.97 Å². The number of thiol groups is 1. The molecule has 0 aliphatic heterocycles. The molecule has 6 heteroatoms. The summed E-state index contributed by atoms with van der Waals surface area (Å²) < 4.78 is 14.4. The maximum Gasteiger partial charge on any atom is 0.303 e. The third-order valence-corrected chi connectivity index (χ3v) is 9.51. The summed E-state index contributed by atoms with van der Waals surface area (Å²) in [5.74, 6) is -1.16. The third kappa shape index (κ3) is 5.35. The zero-order chi connectivity index (χ0) is 24.0. The summed E-state index contributed by atoms with van der Waals surface area (Å²) in [6, 6.07) is 34.0. The highest BCUT2D eigenvalue weighted by Crippen LogP contribution is 2.37. The van der Waals surface area contributed by atoms with Gasteiger partial charge in [0.25, 0.3) is 0 Å². The number of Topliss-reactive ketones (excluding diaryl/α,β-unsaturated/α-hetero) is 1. The van der Waals surface area contributed by atoms with Crippen LogP contribution in [0, 0.1) is 0 Å². The van der Waals surface area contributed by atoms with Crippen LogP contribution in [0.15, 0.2) is 134 Å². The second-order valence-corrected chi connectivity index (χ2v) is 11.6. The van der Waals surface area contributed by atoms with Gasteiger partial charge in [-0.15, -0.1) is 0 Å². The highest BCUT2D eigenvalue weighted by atomic mass is 32.2. The zero-order valence-corrected chi connectivity index (χ0v) is 20.0. The molecule has 0 spiro atoms. The third-order valence-electron chi connectivity index (χ3n) is 5.42. The van der Waals surface area contributed by atoms with Crippen molar-refractivity contribution in [2.75, 3.05) is 0 Å². The Morgan fingerprint density at radius 1 is 0.618 bits per heavy atom. The van der Waals surface area contributed by atoms with Crippen LogP contribution >= 0.6 is 11.8 Å². The van der Waals surface area contributed by atoms with Crippen molar-refractivity contribution in [3.63, 3.8) is 0 Å². The first-order valence-corrected chi connectivity index (χ1v) is 13.3. The molecular weight excluding hydrogens is 464 g/mol. The average molecular weight is 489 g/mol. The van der Waals surface area contributed by atoms with E-state index in [1.807, 2.05) is 97.1 Å². The van der Waals surface area contributed by atoms with Gasteiger partial charge in [0.1, 0.15) is 0 Å². The number of carboxylic acid groups (broad SMARTS) is 1. The van der Waals surface area contributed by atoms with Crippen molar-refractivity contribution >= 4 is 33.4 Å². The van der Waals surface area contributed by atoms with Crippen LogP contribution in [0.25, 0.3) is 0 Å². The number of rotatable bonds is 9. The second-order valence-electron chi connectivity index (χ2n) is 7.72. The second kappa shape index (κ2) is 10.6. The summed E-state index contributed by atoms with van der Waals surface area (Å²) in [4.78, 5) is 27.1. The van der Waals surface area contributed by atoms with E-state index in [-0.39, 0.29) is 18.6 Å². The molecule has 1 N–H and O–H groups in total. The molecule has 4 aromatic carbocycles. The van der Waals surface area contributed by atoms with Gasteiger partial charge in [0.05, 0.1) is 6.42 Å². The van der Waals surface area contributed by atoms with E-state index in [0.717, 1.165) is 24.5 Å². The lowest BCUT2D eigenvalue weighted by Gasteiger charge is -2.25. The minimum absolute atomic E-state index is 0.00777. The van der Waals surface area contributed by atoms with Crippen LogP contribution in [0.2, 0.25) is 0 Å². The first-order chi connectivity index (χ1) is 16.5. The Hall–Kier alpha value is -3.48. The van der Waals surface area contributed by atoms with Gasteiger partial charge in [-0.1, -0.05) is 60.3 Å². The predicted octanol–water partition coefficient (Wildman–Crippen LogP) is 6.38. The van der Waals surface area contributed by atoms with E-state index in [1.54, 1.807) is 23.9 Å². The molecule has 0 saturated carbocycles. The zero-order valence-electron chi connectivity index (χ0n) is 18.3. The van der Waals surface area contributed by atoms with Crippen LogP contribution in [0.5, 0.6) is 0 Å². The van der Waals surface area contributed by atoms with Gasteiger partial charge in [-0.3, -0.25) is 13.8 Å². The Kier molecular flexibility index (Phi) is 7.40. The van der Waals surface area contributed by atoms with Gasteiger partial charge in [-0.05, 0) is 70.6 Å². The molecule has 0 radical (unpaired) electrons. The van der Waals surface area contributed by atoms with Crippen molar-refractivity contribution in [2.24, 2.45) is 0 Å². The summed E-state index contributed by atoms with van der Waals surface area (Å²) in [5.41, 5.74) is 0.507. The highest BCUT2D eigenvalue weighted by molar-refractivity contribution is 8.03. The fraction of sp³-hybridized carbons (Fsp3) is 0.0714. The molecule has 4 aromatic rings. The van der Waals surface area contributed by atoms with Crippen molar-refractivity contribution in [3.05, 3.63) is 115 Å². The summed E-state index contributed by atoms with van der Waals surface area (Å²) in [7, 11) is -3.00. The lowest BCUT2D eigenvalue weighted by atomic mass is 10.1. The SMILES string of the molecule is O=C(O)CCC(=O)c1ccc(Sc2ccc([SH](=O)(c3ccccc3)c3ccccc3)cc2)cc1. The molecule has 34 heavy (non-hydrogen) atoms. The van der Waals surface area contributed by atoms with Crippen LogP contribution in [-0.2, 0) is 14.7 Å². The molecule has 4 rings (SSSR count). The lowest BCUT2D eigenvalue weighted by Crippen LogP contribution is -2.13. The molecule has 172 valence electrons. The smallest absolute Gasteiger partial charge is 0.303 e. The number of ketones is 1. The molecule has 0 bridgehead atoms. The minimum Gasteiger partial charge on any atom is -0.481 e. The first-order valence-electron chi connectivity index (χ1n) is 10.8. The minimum atomic E-state index is -3.00. The maximum atomic E-state index is 14.4. The summed E-state index contributed by atoms with van der Waals surface area (Å²) in [6.45, 7) is 0. The Bertz CT molecular complexity index is 1270. The number of hydrogen-bond donors (Lipinski definition) is 2. The summed E-state index contributed by atoms with van der Waals surface area (Å²) >= 11 is 1.54. The molecule has 0 aromatic heterocycles. The number of hydrogen-bond acceptors (Lipinski definition) is 4. The molecule has 0 aliphatic carbocycles. The van der Waals surface area contributed by atoms with Gasteiger partial charge in [-0.25, -0.2) is 0 Å². The Labute approximate surface area is 204 Å². The van der Waals surface area contributed by atoms with E-state index >= 15 is 0 Å². The molecule has 0 heterocycles. The molecule has 0 aliphatic rings. The van der Waals surface area contributed by atoms with Crippen LogP contribution in [0.4, 0.5) is 0 Å². The Morgan fingerprint density at radius 3 is 1.53 bits per heavy atom. The predicted molar refractivity (Wildman–Crippen MR) is 135 cm³/mol. The van der Waals surface area contributed by atoms with Crippen LogP contribution in [0.3, 0.4) is 0 Å². The molecule has 0 saturated heterocycles. The monoisotopic (exact) mass is 488 g/mol. The summed E-state index contributed by atoms with van der Waals surface area (Å²) in [5, 5.41) is 8.74. The van der Waals surface area contributed by atoms with Crippen molar-refractivity contribution in [2.45, 2.75) is 37.3 Å². The van der Waals surface area contributed by atoms with Crippen LogP contribution in [-0.4, -0.2) is 21.1 Å². The van der Waals surface area contributed by atoms with E-state index in [9.17, 15) is 13.8 Å². The number of carboxylic acids is 1. The summed E-state index contributed by atoms with van der Waals surface area (Å²) in [6.07, 6.45) is -0.177. The van der Waals surface area contributed by atoms with Crippen LogP contribution < -0.4 is 0 Å². The van der Waals surface area contributed by atoms with E-state index in [4.69, 9.17) is 5.11 Å². The number of aliphatic carboxylic acids is 1. The normalized spacial score (nSPS) is 11.6. The number of carbonyl (C=O) groups is 2. The topological polar surface area (TPSA) is 71.4 Å². The molecule has 4 nitrogen and oxygen atoms in total. The van der Waals surface area contributed by atoms with Crippen molar-refractivity contribution < 1.29 is 18.9 Å². The van der Waals surface area contributed by atoms with Crippen LogP contribution in [0.1, 0.15) is 23.2 Å². The van der Waals surface area contributed by atoms with E-state index in [0.29, 0.717) is 5.56 Å². The Morgan fingerprint density at radius 2 is 1.06 bits per heavy atom. The standard InChI is InChI=1S/C28H24O4S2/c29-27(19-20-28(30)31)21-11-13-22(14-12-21)33-23-15-17-26(18-16-23)34(32,24-7-3-1-4-8-24)25-9-5-2-6-10-25/h1-18,34H,19-20H2,(H,30,31). The van der Waals surface area contributed by atoms with Gasteiger partial charge in [0, 0.05) is 36.5 Å². The largest absolute Gasteiger partial charge is 0.481 e. The molecule has 0 atom stereocenters. The van der Waals surface area contributed by atoms with Gasteiger partial charge in [0.15, 0.2) is 5.78 Å². The first kappa shape index (κ1) is 23.7. The number of carbonyl (C=O) groups excluding carboxylic acids is 1. The molecule has 0 unspecified atom stereocenters. The number of benzene rings is 4.